The maximum absolute atomic E-state index is 4.49. The number of nitrogens with one attached hydrogen (secondary N) is 1. The van der Waals surface area contributed by atoms with Crippen molar-refractivity contribution in [3.05, 3.63) is 53.4 Å². The van der Waals surface area contributed by atoms with Gasteiger partial charge < -0.3 is 9.72 Å². The van der Waals surface area contributed by atoms with E-state index in [-0.39, 0.29) is 0 Å². The van der Waals surface area contributed by atoms with Crippen molar-refractivity contribution in [2.45, 2.75) is 33.7 Å². The molecule has 0 aliphatic carbocycles. The highest BCUT2D eigenvalue weighted by Crippen LogP contribution is 2.15. The Balaban J connectivity index is 1.87. The van der Waals surface area contributed by atoms with Gasteiger partial charge >= 0.3 is 0 Å². The van der Waals surface area contributed by atoms with Crippen LogP contribution in [0.25, 0.3) is 5.65 Å². The van der Waals surface area contributed by atoms with E-state index >= 15 is 0 Å². The van der Waals surface area contributed by atoms with Gasteiger partial charge in [-0.05, 0) is 31.9 Å². The van der Waals surface area contributed by atoms with Crippen molar-refractivity contribution in [2.75, 3.05) is 5.32 Å². The summed E-state index contributed by atoms with van der Waals surface area (Å²) in [7, 11) is 0. The van der Waals surface area contributed by atoms with Crippen molar-refractivity contribution in [3.8, 4) is 0 Å². The fourth-order valence-corrected chi connectivity index (χ4v) is 2.41. The van der Waals surface area contributed by atoms with Gasteiger partial charge in [0.05, 0.1) is 18.4 Å². The molecule has 0 fully saturated rings. The molecular weight excluding hydrogens is 262 g/mol. The zero-order chi connectivity index (χ0) is 14.8. The van der Waals surface area contributed by atoms with Crippen molar-refractivity contribution >= 4 is 11.5 Å². The first-order chi connectivity index (χ1) is 10.2. The second-order valence-corrected chi connectivity index (χ2v) is 5.13. The molecule has 3 rings (SSSR count). The largest absolute Gasteiger partial charge is 0.364 e. The summed E-state index contributed by atoms with van der Waals surface area (Å²) in [6, 6.07) is 4.11. The third-order valence-corrected chi connectivity index (χ3v) is 3.61. The molecule has 3 heterocycles. The van der Waals surface area contributed by atoms with E-state index in [0.717, 1.165) is 35.0 Å². The average Bonchev–Trinajstić information content (AvgIpc) is 2.90. The normalized spacial score (nSPS) is 11.0. The third kappa shape index (κ3) is 2.59. The molecule has 3 aromatic rings. The maximum atomic E-state index is 4.49. The highest BCUT2D eigenvalue weighted by molar-refractivity contribution is 5.49. The van der Waals surface area contributed by atoms with Crippen LogP contribution in [0.4, 0.5) is 5.82 Å². The SMILES string of the molecule is CCc1cnc(C)nc1NCc1cnc2c(C)cccn12. The van der Waals surface area contributed by atoms with E-state index in [1.165, 1.54) is 5.56 Å². The molecular formula is C16H19N5. The molecule has 0 bridgehead atoms. The Morgan fingerprint density at radius 3 is 2.86 bits per heavy atom. The smallest absolute Gasteiger partial charge is 0.139 e. The fourth-order valence-electron chi connectivity index (χ4n) is 2.41. The summed E-state index contributed by atoms with van der Waals surface area (Å²) in [6.45, 7) is 6.77. The van der Waals surface area contributed by atoms with Crippen molar-refractivity contribution in [3.63, 3.8) is 0 Å². The molecule has 0 unspecified atom stereocenters. The number of aromatic nitrogens is 4. The summed E-state index contributed by atoms with van der Waals surface area (Å²) in [5, 5.41) is 3.41. The van der Waals surface area contributed by atoms with Gasteiger partial charge in [-0.15, -0.1) is 0 Å². The van der Waals surface area contributed by atoms with Crippen LogP contribution < -0.4 is 5.32 Å². The average molecular weight is 281 g/mol. The maximum Gasteiger partial charge on any atom is 0.139 e. The summed E-state index contributed by atoms with van der Waals surface area (Å²) < 4.78 is 2.11. The van der Waals surface area contributed by atoms with Crippen LogP contribution in [-0.4, -0.2) is 19.4 Å². The number of imidazole rings is 1. The predicted octanol–water partition coefficient (Wildman–Crippen LogP) is 2.92. The van der Waals surface area contributed by atoms with Gasteiger partial charge in [-0.2, -0.15) is 0 Å². The molecule has 108 valence electrons. The van der Waals surface area contributed by atoms with Gasteiger partial charge in [-0.25, -0.2) is 15.0 Å². The van der Waals surface area contributed by atoms with Crippen LogP contribution in [0.1, 0.15) is 29.6 Å². The number of aryl methyl sites for hydroxylation is 3. The highest BCUT2D eigenvalue weighted by atomic mass is 15.1. The van der Waals surface area contributed by atoms with Gasteiger partial charge in [0.25, 0.3) is 0 Å². The Morgan fingerprint density at radius 1 is 1.19 bits per heavy atom. The minimum absolute atomic E-state index is 0.689. The van der Waals surface area contributed by atoms with E-state index < -0.39 is 0 Å². The Bertz CT molecular complexity index is 775. The Kier molecular flexibility index (Phi) is 3.56. The van der Waals surface area contributed by atoms with Crippen LogP contribution in [0.2, 0.25) is 0 Å². The molecule has 0 saturated heterocycles. The molecule has 5 nitrogen and oxygen atoms in total. The second kappa shape index (κ2) is 5.52. The molecule has 0 saturated carbocycles. The van der Waals surface area contributed by atoms with Crippen LogP contribution in [0.15, 0.2) is 30.7 Å². The van der Waals surface area contributed by atoms with E-state index in [0.29, 0.717) is 6.54 Å². The number of hydrogen-bond donors (Lipinski definition) is 1. The zero-order valence-corrected chi connectivity index (χ0v) is 12.6. The molecule has 0 aromatic carbocycles. The first-order valence-corrected chi connectivity index (χ1v) is 7.17. The lowest BCUT2D eigenvalue weighted by Crippen LogP contribution is -2.08. The highest BCUT2D eigenvalue weighted by Gasteiger charge is 2.07. The monoisotopic (exact) mass is 281 g/mol. The predicted molar refractivity (Wildman–Crippen MR) is 83.4 cm³/mol. The Morgan fingerprint density at radius 2 is 2.05 bits per heavy atom. The molecule has 1 N–H and O–H groups in total. The van der Waals surface area contributed by atoms with Crippen LogP contribution in [0.5, 0.6) is 0 Å². The standard InChI is InChI=1S/C16H19N5/c1-4-13-8-17-12(3)20-15(13)18-9-14-10-19-16-11(2)6-5-7-21(14)16/h5-8,10H,4,9H2,1-3H3,(H,17,18,20). The van der Waals surface area contributed by atoms with Crippen LogP contribution in [0, 0.1) is 13.8 Å². The van der Waals surface area contributed by atoms with Gasteiger partial charge in [0.15, 0.2) is 0 Å². The second-order valence-electron chi connectivity index (χ2n) is 5.13. The van der Waals surface area contributed by atoms with E-state index in [1.807, 2.05) is 31.6 Å². The van der Waals surface area contributed by atoms with Gasteiger partial charge in [-0.3, -0.25) is 0 Å². The van der Waals surface area contributed by atoms with Gasteiger partial charge in [0, 0.05) is 18.0 Å². The zero-order valence-electron chi connectivity index (χ0n) is 12.6. The van der Waals surface area contributed by atoms with E-state index in [1.54, 1.807) is 0 Å². The Labute approximate surface area is 124 Å². The first-order valence-electron chi connectivity index (χ1n) is 7.17. The third-order valence-electron chi connectivity index (χ3n) is 3.61. The van der Waals surface area contributed by atoms with Crippen molar-refractivity contribution in [1.82, 2.24) is 19.4 Å². The summed E-state index contributed by atoms with van der Waals surface area (Å²) in [5.74, 6) is 1.69. The summed E-state index contributed by atoms with van der Waals surface area (Å²) in [6.07, 6.45) is 6.76. The molecule has 0 amide bonds. The number of fused-ring (bicyclic) bond motifs is 1. The molecule has 0 aliphatic heterocycles. The lowest BCUT2D eigenvalue weighted by molar-refractivity contribution is 0.944. The molecule has 0 aliphatic rings. The topological polar surface area (TPSA) is 55.1 Å². The minimum Gasteiger partial charge on any atom is -0.364 e. The van der Waals surface area contributed by atoms with Crippen molar-refractivity contribution < 1.29 is 0 Å². The van der Waals surface area contributed by atoms with Crippen molar-refractivity contribution in [1.29, 1.82) is 0 Å². The number of hydrogen-bond acceptors (Lipinski definition) is 4. The van der Waals surface area contributed by atoms with Gasteiger partial charge in [-0.1, -0.05) is 13.0 Å². The molecule has 21 heavy (non-hydrogen) atoms. The van der Waals surface area contributed by atoms with Gasteiger partial charge in [0.1, 0.15) is 17.3 Å². The molecule has 3 aromatic heterocycles. The lowest BCUT2D eigenvalue weighted by Gasteiger charge is -2.10. The lowest BCUT2D eigenvalue weighted by atomic mass is 10.2. The number of nitrogens with zero attached hydrogens (tertiary/aromatic N) is 4. The number of rotatable bonds is 4. The van der Waals surface area contributed by atoms with Crippen molar-refractivity contribution in [2.24, 2.45) is 0 Å². The van der Waals surface area contributed by atoms with Crippen LogP contribution in [0.3, 0.4) is 0 Å². The van der Waals surface area contributed by atoms with E-state index in [9.17, 15) is 0 Å². The molecule has 0 radical (unpaired) electrons. The summed E-state index contributed by atoms with van der Waals surface area (Å²) >= 11 is 0. The number of pyridine rings is 1. The minimum atomic E-state index is 0.689. The fraction of sp³-hybridized carbons (Fsp3) is 0.312. The summed E-state index contributed by atoms with van der Waals surface area (Å²) in [4.78, 5) is 13.2. The first kappa shape index (κ1) is 13.5. The van der Waals surface area contributed by atoms with Crippen LogP contribution >= 0.6 is 0 Å². The molecule has 0 spiro atoms. The quantitative estimate of drug-likeness (QED) is 0.799. The van der Waals surface area contributed by atoms with E-state index in [4.69, 9.17) is 0 Å². The molecule has 5 heteroatoms. The molecule has 0 atom stereocenters. The number of anilines is 1. The van der Waals surface area contributed by atoms with Crippen LogP contribution in [-0.2, 0) is 13.0 Å². The van der Waals surface area contributed by atoms with Gasteiger partial charge in [0.2, 0.25) is 0 Å². The summed E-state index contributed by atoms with van der Waals surface area (Å²) in [5.41, 5.74) is 4.43. The van der Waals surface area contributed by atoms with E-state index in [2.05, 4.69) is 44.6 Å². The Hall–Kier alpha value is -2.43.